The molecule has 1 saturated carbocycles. The van der Waals surface area contributed by atoms with E-state index in [1.54, 1.807) is 24.3 Å². The molecule has 8 nitrogen and oxygen atoms in total. The molecule has 0 bridgehead atoms. The smallest absolute Gasteiger partial charge is 0.334 e. The van der Waals surface area contributed by atoms with E-state index in [1.165, 1.54) is 21.3 Å². The minimum absolute atomic E-state index is 0.0802. The Morgan fingerprint density at radius 2 is 1.82 bits per heavy atom. The molecule has 0 aromatic heterocycles. The van der Waals surface area contributed by atoms with Crippen LogP contribution in [0.25, 0.3) is 0 Å². The number of rotatable bonds is 8. The van der Waals surface area contributed by atoms with Crippen molar-refractivity contribution in [3.05, 3.63) is 35.4 Å². The molecule has 1 N–H and O–H groups in total. The topological polar surface area (TPSA) is 108 Å². The number of carbonyl (C=O) groups is 3. The second-order valence-corrected chi connectivity index (χ2v) is 8.97. The van der Waals surface area contributed by atoms with Crippen LogP contribution in [-0.4, -0.2) is 45.0 Å². The molecule has 1 fully saturated rings. The number of carbonyl (C=O) groups excluding carboxylic acids is 3. The Bertz CT molecular complexity index is 754. The lowest BCUT2D eigenvalue weighted by Gasteiger charge is -2.28. The number of nitrogens with one attached hydrogen (secondary N) is 1. The average Bonchev–Trinajstić information content (AvgIpc) is 2.71. The van der Waals surface area contributed by atoms with E-state index < -0.39 is 25.5 Å². The fourth-order valence-electron chi connectivity index (χ4n) is 3.25. The molecule has 0 saturated heterocycles. The SMILES string of the molecule is COC(=O)[C@@H](NC(=O)c1ccc(CP(=O)(OC)OC)cc1)[C@@H]1CCCC(=O)C1. The number of Topliss-reactive ketones (excluding diaryl/α,β-unsaturated/α-hetero) is 1. The van der Waals surface area contributed by atoms with Crippen molar-refractivity contribution >= 4 is 25.3 Å². The van der Waals surface area contributed by atoms with Gasteiger partial charge in [0.15, 0.2) is 0 Å². The van der Waals surface area contributed by atoms with Gasteiger partial charge in [0.05, 0.1) is 13.3 Å². The summed E-state index contributed by atoms with van der Waals surface area (Å²) < 4.78 is 26.8. The third-order valence-corrected chi connectivity index (χ3v) is 6.75. The van der Waals surface area contributed by atoms with Crippen LogP contribution in [0.5, 0.6) is 0 Å². The number of ether oxygens (including phenoxy) is 1. The van der Waals surface area contributed by atoms with Crippen molar-refractivity contribution in [2.45, 2.75) is 37.9 Å². The minimum Gasteiger partial charge on any atom is -0.467 e. The van der Waals surface area contributed by atoms with Gasteiger partial charge in [-0.2, -0.15) is 0 Å². The van der Waals surface area contributed by atoms with E-state index in [9.17, 15) is 18.9 Å². The minimum atomic E-state index is -3.20. The van der Waals surface area contributed by atoms with Gasteiger partial charge in [-0.05, 0) is 36.5 Å². The van der Waals surface area contributed by atoms with Crippen molar-refractivity contribution in [2.24, 2.45) is 5.92 Å². The fraction of sp³-hybridized carbons (Fsp3) is 0.526. The molecule has 0 unspecified atom stereocenters. The standard InChI is InChI=1S/C19H26NO7P/c1-25-19(23)17(15-5-4-6-16(21)11-15)20-18(22)14-9-7-13(8-10-14)12-28(24,26-2)27-3/h7-10,15,17H,4-6,11-12H2,1-3H3,(H,20,22)/t15-,17+/m1/s1. The molecular weight excluding hydrogens is 385 g/mol. The zero-order valence-electron chi connectivity index (χ0n) is 16.3. The normalized spacial score (nSPS) is 18.4. The summed E-state index contributed by atoms with van der Waals surface area (Å²) in [6.07, 6.45) is 2.21. The van der Waals surface area contributed by atoms with Gasteiger partial charge in [0.1, 0.15) is 11.8 Å². The number of methoxy groups -OCH3 is 1. The Kier molecular flexibility index (Phi) is 7.92. The molecule has 0 aliphatic heterocycles. The first-order valence-electron chi connectivity index (χ1n) is 9.01. The van der Waals surface area contributed by atoms with Crippen molar-refractivity contribution in [3.63, 3.8) is 0 Å². The van der Waals surface area contributed by atoms with Gasteiger partial charge in [-0.1, -0.05) is 12.1 Å². The van der Waals surface area contributed by atoms with Crippen molar-refractivity contribution in [1.29, 1.82) is 0 Å². The lowest BCUT2D eigenvalue weighted by Crippen LogP contribution is -2.48. The third-order valence-electron chi connectivity index (χ3n) is 4.88. The number of esters is 1. The van der Waals surface area contributed by atoms with Crippen LogP contribution in [-0.2, 0) is 34.1 Å². The molecule has 9 heteroatoms. The molecule has 0 radical (unpaired) electrons. The molecule has 2 rings (SSSR count). The number of hydrogen-bond acceptors (Lipinski definition) is 7. The largest absolute Gasteiger partial charge is 0.467 e. The predicted octanol–water partition coefficient (Wildman–Crippen LogP) is 2.70. The monoisotopic (exact) mass is 411 g/mol. The molecule has 0 spiro atoms. The zero-order valence-corrected chi connectivity index (χ0v) is 17.2. The lowest BCUT2D eigenvalue weighted by molar-refractivity contribution is -0.145. The van der Waals surface area contributed by atoms with Gasteiger partial charge >= 0.3 is 13.6 Å². The molecule has 1 aliphatic rings. The van der Waals surface area contributed by atoms with E-state index in [2.05, 4.69) is 5.32 Å². The number of hydrogen-bond donors (Lipinski definition) is 1. The van der Waals surface area contributed by atoms with E-state index in [-0.39, 0.29) is 24.3 Å². The quantitative estimate of drug-likeness (QED) is 0.518. The molecule has 1 amide bonds. The van der Waals surface area contributed by atoms with Crippen LogP contribution in [0.1, 0.15) is 41.6 Å². The Morgan fingerprint density at radius 1 is 1.18 bits per heavy atom. The van der Waals surface area contributed by atoms with Crippen LogP contribution in [0.15, 0.2) is 24.3 Å². The number of benzene rings is 1. The maximum Gasteiger partial charge on any atom is 0.334 e. The van der Waals surface area contributed by atoms with Crippen LogP contribution in [0.3, 0.4) is 0 Å². The van der Waals surface area contributed by atoms with Crippen molar-refractivity contribution in [1.82, 2.24) is 5.32 Å². The van der Waals surface area contributed by atoms with Gasteiger partial charge in [-0.3, -0.25) is 14.2 Å². The van der Waals surface area contributed by atoms with Crippen molar-refractivity contribution in [3.8, 4) is 0 Å². The summed E-state index contributed by atoms with van der Waals surface area (Å²) in [6.45, 7) is 0. The summed E-state index contributed by atoms with van der Waals surface area (Å²) in [5.41, 5.74) is 1.02. The summed E-state index contributed by atoms with van der Waals surface area (Å²) in [4.78, 5) is 36.5. The van der Waals surface area contributed by atoms with Gasteiger partial charge in [-0.25, -0.2) is 4.79 Å². The Balaban J connectivity index is 2.09. The van der Waals surface area contributed by atoms with Gasteiger partial charge in [-0.15, -0.1) is 0 Å². The highest BCUT2D eigenvalue weighted by Gasteiger charge is 2.34. The second-order valence-electron chi connectivity index (χ2n) is 6.70. The Morgan fingerprint density at radius 3 is 2.36 bits per heavy atom. The van der Waals surface area contributed by atoms with Gasteiger partial charge in [0, 0.05) is 32.6 Å². The molecule has 0 heterocycles. The first kappa shape index (κ1) is 22.3. The van der Waals surface area contributed by atoms with Crippen LogP contribution < -0.4 is 5.32 Å². The maximum absolute atomic E-state index is 12.6. The Hall–Kier alpha value is -2.02. The second kappa shape index (κ2) is 9.96. The van der Waals surface area contributed by atoms with E-state index in [0.29, 0.717) is 30.4 Å². The van der Waals surface area contributed by atoms with Gasteiger partial charge in [0.2, 0.25) is 0 Å². The predicted molar refractivity (Wildman–Crippen MR) is 102 cm³/mol. The van der Waals surface area contributed by atoms with Gasteiger partial charge < -0.3 is 19.1 Å². The summed E-state index contributed by atoms with van der Waals surface area (Å²) >= 11 is 0. The molecule has 1 aromatic carbocycles. The molecule has 28 heavy (non-hydrogen) atoms. The molecule has 1 aliphatic carbocycles. The first-order valence-corrected chi connectivity index (χ1v) is 10.7. The molecular formula is C19H26NO7P. The molecule has 154 valence electrons. The van der Waals surface area contributed by atoms with Crippen LogP contribution in [0.4, 0.5) is 0 Å². The molecule has 1 aromatic rings. The summed E-state index contributed by atoms with van der Waals surface area (Å²) in [5, 5.41) is 2.69. The van der Waals surface area contributed by atoms with Crippen molar-refractivity contribution in [2.75, 3.05) is 21.3 Å². The number of ketones is 1. The van der Waals surface area contributed by atoms with E-state index in [0.717, 1.165) is 0 Å². The Labute approximate surface area is 164 Å². The van der Waals surface area contributed by atoms with Crippen LogP contribution in [0, 0.1) is 5.92 Å². The fourth-order valence-corrected chi connectivity index (χ4v) is 4.32. The highest BCUT2D eigenvalue weighted by Crippen LogP contribution is 2.49. The molecule has 2 atom stereocenters. The van der Waals surface area contributed by atoms with E-state index >= 15 is 0 Å². The van der Waals surface area contributed by atoms with Crippen LogP contribution in [0.2, 0.25) is 0 Å². The maximum atomic E-state index is 12.6. The summed E-state index contributed by atoms with van der Waals surface area (Å²) in [6, 6.07) is 5.57. The lowest BCUT2D eigenvalue weighted by atomic mass is 9.83. The first-order chi connectivity index (χ1) is 13.3. The third kappa shape index (κ3) is 5.74. The summed E-state index contributed by atoms with van der Waals surface area (Å²) in [7, 11) is 0.684. The van der Waals surface area contributed by atoms with Gasteiger partial charge in [0.25, 0.3) is 5.91 Å². The highest BCUT2D eigenvalue weighted by atomic mass is 31.2. The van der Waals surface area contributed by atoms with E-state index in [1.807, 2.05) is 0 Å². The summed E-state index contributed by atoms with van der Waals surface area (Å²) in [5.74, 6) is -1.19. The van der Waals surface area contributed by atoms with Crippen molar-refractivity contribution < 1.29 is 32.7 Å². The van der Waals surface area contributed by atoms with E-state index in [4.69, 9.17) is 13.8 Å². The zero-order chi connectivity index (χ0) is 20.7. The average molecular weight is 411 g/mol. The number of amides is 1. The highest BCUT2D eigenvalue weighted by molar-refractivity contribution is 7.52. The van der Waals surface area contributed by atoms with Crippen LogP contribution >= 0.6 is 7.60 Å².